The highest BCUT2D eigenvalue weighted by atomic mass is 16.5. The van der Waals surface area contributed by atoms with Gasteiger partial charge in [-0.15, -0.1) is 0 Å². The number of ether oxygens (including phenoxy) is 1. The van der Waals surface area contributed by atoms with Crippen LogP contribution >= 0.6 is 0 Å². The average molecular weight is 440 g/mol. The zero-order valence-corrected chi connectivity index (χ0v) is 18.8. The minimum absolute atomic E-state index is 0.0183. The predicted molar refractivity (Wildman–Crippen MR) is 122 cm³/mol. The monoisotopic (exact) mass is 439 g/mol. The van der Waals surface area contributed by atoms with Crippen LogP contribution in [0.5, 0.6) is 0 Å². The maximum absolute atomic E-state index is 12.8. The zero-order valence-electron chi connectivity index (χ0n) is 18.8. The molecule has 2 aromatic rings. The molecule has 1 N–H and O–H groups in total. The summed E-state index contributed by atoms with van der Waals surface area (Å²) in [6.45, 7) is 4.29. The van der Waals surface area contributed by atoms with Gasteiger partial charge in [-0.1, -0.05) is 30.3 Å². The first-order valence-electron chi connectivity index (χ1n) is 11.3. The Labute approximate surface area is 190 Å². The Morgan fingerprint density at radius 1 is 1.16 bits per heavy atom. The Morgan fingerprint density at radius 2 is 1.94 bits per heavy atom. The Kier molecular flexibility index (Phi) is 9.59. The van der Waals surface area contributed by atoms with Gasteiger partial charge in [0.15, 0.2) is 0 Å². The summed E-state index contributed by atoms with van der Waals surface area (Å²) in [5, 5.41) is 3.15. The van der Waals surface area contributed by atoms with Gasteiger partial charge in [-0.25, -0.2) is 4.98 Å². The number of nitrogens with zero attached hydrogens (tertiary/aromatic N) is 4. The highest BCUT2D eigenvalue weighted by molar-refractivity contribution is 5.92. The predicted octanol–water partition coefficient (Wildman–Crippen LogP) is 2.13. The first-order valence-corrected chi connectivity index (χ1v) is 11.3. The zero-order chi connectivity index (χ0) is 22.6. The van der Waals surface area contributed by atoms with E-state index in [9.17, 15) is 9.59 Å². The molecule has 1 aliphatic heterocycles. The number of methoxy groups -OCH3 is 1. The Morgan fingerprint density at radius 3 is 2.62 bits per heavy atom. The normalized spacial score (nSPS) is 14.8. The number of carbonyl (C=O) groups excluding carboxylic acids is 2. The van der Waals surface area contributed by atoms with Gasteiger partial charge >= 0.3 is 0 Å². The minimum atomic E-state index is -0.212. The second kappa shape index (κ2) is 12.9. The summed E-state index contributed by atoms with van der Waals surface area (Å²) in [5.74, 6) is -0.230. The van der Waals surface area contributed by atoms with E-state index in [1.807, 2.05) is 6.07 Å². The number of carbonyl (C=O) groups is 2. The van der Waals surface area contributed by atoms with Crippen molar-refractivity contribution in [2.24, 2.45) is 0 Å². The highest BCUT2D eigenvalue weighted by Gasteiger charge is 2.22. The van der Waals surface area contributed by atoms with E-state index in [1.54, 1.807) is 12.0 Å². The summed E-state index contributed by atoms with van der Waals surface area (Å²) in [6, 6.07) is 10.6. The van der Waals surface area contributed by atoms with Crippen molar-refractivity contribution in [1.29, 1.82) is 0 Å². The molecule has 0 bridgehead atoms. The lowest BCUT2D eigenvalue weighted by molar-refractivity contribution is -0.122. The van der Waals surface area contributed by atoms with Crippen molar-refractivity contribution < 1.29 is 14.3 Å². The number of amides is 2. The molecule has 0 unspecified atom stereocenters. The van der Waals surface area contributed by atoms with Gasteiger partial charge in [0.05, 0.1) is 6.20 Å². The number of rotatable bonds is 11. The second-order valence-electron chi connectivity index (χ2n) is 8.08. The molecule has 0 spiro atoms. The molecule has 0 aliphatic carbocycles. The molecular weight excluding hydrogens is 406 g/mol. The molecule has 2 amide bonds. The van der Waals surface area contributed by atoms with Crippen LogP contribution in [0.25, 0.3) is 0 Å². The Hall–Kier alpha value is -2.84. The molecule has 1 aromatic heterocycles. The van der Waals surface area contributed by atoms with Crippen LogP contribution in [0.2, 0.25) is 0 Å². The first kappa shape index (κ1) is 23.8. The average Bonchev–Trinajstić information content (AvgIpc) is 2.83. The maximum Gasteiger partial charge on any atom is 0.274 e. The summed E-state index contributed by atoms with van der Waals surface area (Å²) < 4.78 is 5.10. The van der Waals surface area contributed by atoms with Crippen LogP contribution in [0.4, 0.5) is 0 Å². The molecule has 0 atom stereocenters. The molecule has 8 heteroatoms. The minimum Gasteiger partial charge on any atom is -0.385 e. The SMILES string of the molecule is COCCCN(CCC(=O)NC1CCN(Cc2ccccc2)CC1)C(=O)c1cnccn1. The summed E-state index contributed by atoms with van der Waals surface area (Å²) in [4.78, 5) is 37.5. The van der Waals surface area contributed by atoms with Crippen molar-refractivity contribution in [1.82, 2.24) is 25.1 Å². The van der Waals surface area contributed by atoms with Crippen molar-refractivity contribution in [2.45, 2.75) is 38.3 Å². The molecule has 172 valence electrons. The van der Waals surface area contributed by atoms with Gasteiger partial charge in [-0.05, 0) is 24.8 Å². The van der Waals surface area contributed by atoms with Crippen molar-refractivity contribution in [3.8, 4) is 0 Å². The van der Waals surface area contributed by atoms with Crippen LogP contribution < -0.4 is 5.32 Å². The third-order valence-corrected chi connectivity index (χ3v) is 5.66. The fraction of sp³-hybridized carbons (Fsp3) is 0.500. The van der Waals surface area contributed by atoms with E-state index >= 15 is 0 Å². The summed E-state index contributed by atoms with van der Waals surface area (Å²) in [7, 11) is 1.63. The van der Waals surface area contributed by atoms with Gasteiger partial charge in [0.1, 0.15) is 5.69 Å². The van der Waals surface area contributed by atoms with E-state index in [-0.39, 0.29) is 30.0 Å². The number of likely N-dealkylation sites (tertiary alicyclic amines) is 1. The second-order valence-corrected chi connectivity index (χ2v) is 8.08. The fourth-order valence-electron chi connectivity index (χ4n) is 3.90. The topological polar surface area (TPSA) is 87.7 Å². The lowest BCUT2D eigenvalue weighted by Gasteiger charge is -2.32. The number of aromatic nitrogens is 2. The van der Waals surface area contributed by atoms with Crippen LogP contribution in [0.15, 0.2) is 48.9 Å². The lowest BCUT2D eigenvalue weighted by atomic mass is 10.0. The molecule has 3 rings (SSSR count). The van der Waals surface area contributed by atoms with Crippen LogP contribution in [-0.4, -0.2) is 77.5 Å². The molecular formula is C24H33N5O3. The van der Waals surface area contributed by atoms with Crippen LogP contribution in [0, 0.1) is 0 Å². The van der Waals surface area contributed by atoms with Gasteiger partial charge in [-0.3, -0.25) is 19.5 Å². The third kappa shape index (κ3) is 7.69. The van der Waals surface area contributed by atoms with Crippen molar-refractivity contribution in [2.75, 3.05) is 39.9 Å². The third-order valence-electron chi connectivity index (χ3n) is 5.66. The number of hydrogen-bond donors (Lipinski definition) is 1. The van der Waals surface area contributed by atoms with Gasteiger partial charge in [0.25, 0.3) is 5.91 Å². The Balaban J connectivity index is 1.43. The van der Waals surface area contributed by atoms with Crippen LogP contribution in [0.3, 0.4) is 0 Å². The fourth-order valence-corrected chi connectivity index (χ4v) is 3.90. The molecule has 1 saturated heterocycles. The molecule has 32 heavy (non-hydrogen) atoms. The van der Waals surface area contributed by atoms with E-state index in [1.165, 1.54) is 24.2 Å². The van der Waals surface area contributed by atoms with Gasteiger partial charge in [0, 0.05) is 71.3 Å². The standard InChI is InChI=1S/C24H33N5O3/c1-32-17-5-13-29(24(31)22-18-25-11-12-26-22)16-10-23(30)27-21-8-14-28(15-9-21)19-20-6-3-2-4-7-20/h2-4,6-7,11-12,18,21H,5,8-10,13-17,19H2,1H3,(H,27,30). The van der Waals surface area contributed by atoms with E-state index in [4.69, 9.17) is 4.74 Å². The van der Waals surface area contributed by atoms with Crippen molar-refractivity contribution >= 4 is 11.8 Å². The van der Waals surface area contributed by atoms with E-state index < -0.39 is 0 Å². The maximum atomic E-state index is 12.8. The number of hydrogen-bond acceptors (Lipinski definition) is 6. The summed E-state index contributed by atoms with van der Waals surface area (Å²) in [6.07, 6.45) is 7.33. The number of benzene rings is 1. The lowest BCUT2D eigenvalue weighted by Crippen LogP contribution is -2.45. The molecule has 0 saturated carbocycles. The van der Waals surface area contributed by atoms with Crippen LogP contribution in [0.1, 0.15) is 41.7 Å². The van der Waals surface area contributed by atoms with Crippen molar-refractivity contribution in [3.63, 3.8) is 0 Å². The largest absolute Gasteiger partial charge is 0.385 e. The smallest absolute Gasteiger partial charge is 0.274 e. The molecule has 1 fully saturated rings. The quantitative estimate of drug-likeness (QED) is 0.540. The van der Waals surface area contributed by atoms with E-state index in [2.05, 4.69) is 44.5 Å². The number of nitrogens with one attached hydrogen (secondary N) is 1. The van der Waals surface area contributed by atoms with Gasteiger partial charge < -0.3 is 15.0 Å². The summed E-state index contributed by atoms with van der Waals surface area (Å²) in [5.41, 5.74) is 1.60. The summed E-state index contributed by atoms with van der Waals surface area (Å²) >= 11 is 0. The number of piperidine rings is 1. The van der Waals surface area contributed by atoms with Gasteiger partial charge in [-0.2, -0.15) is 0 Å². The van der Waals surface area contributed by atoms with E-state index in [0.29, 0.717) is 26.1 Å². The molecule has 1 aromatic carbocycles. The molecule has 8 nitrogen and oxygen atoms in total. The highest BCUT2D eigenvalue weighted by Crippen LogP contribution is 2.14. The molecule has 2 heterocycles. The molecule has 0 radical (unpaired) electrons. The first-order chi connectivity index (χ1) is 15.7. The van der Waals surface area contributed by atoms with Crippen LogP contribution in [-0.2, 0) is 16.1 Å². The van der Waals surface area contributed by atoms with Gasteiger partial charge in [0.2, 0.25) is 5.91 Å². The van der Waals surface area contributed by atoms with E-state index in [0.717, 1.165) is 32.5 Å². The molecule has 1 aliphatic rings. The van der Waals surface area contributed by atoms with Crippen molar-refractivity contribution in [3.05, 3.63) is 60.2 Å². The Bertz CT molecular complexity index is 826.